The average molecular weight is 303 g/mol. The van der Waals surface area contributed by atoms with Gasteiger partial charge in [-0.1, -0.05) is 18.2 Å². The molecule has 4 nitrogen and oxygen atoms in total. The molecule has 4 rings (SSSR count). The van der Waals surface area contributed by atoms with Gasteiger partial charge in [-0.3, -0.25) is 4.68 Å². The molecule has 114 valence electrons. The fraction of sp³-hybridized carbons (Fsp3) is 0.312. The van der Waals surface area contributed by atoms with Crippen LogP contribution in [-0.2, 0) is 13.1 Å². The summed E-state index contributed by atoms with van der Waals surface area (Å²) in [7, 11) is 0. The van der Waals surface area contributed by atoms with Gasteiger partial charge in [0.1, 0.15) is 11.6 Å². The summed E-state index contributed by atoms with van der Waals surface area (Å²) in [4.78, 5) is 0. The molecule has 1 N–H and O–H groups in total. The third-order valence-corrected chi connectivity index (χ3v) is 3.97. The van der Waals surface area contributed by atoms with E-state index in [1.165, 1.54) is 4.68 Å². The zero-order valence-electron chi connectivity index (χ0n) is 11.8. The predicted molar refractivity (Wildman–Crippen MR) is 77.6 cm³/mol. The van der Waals surface area contributed by atoms with Crippen LogP contribution in [-0.4, -0.2) is 15.7 Å². The van der Waals surface area contributed by atoms with E-state index in [0.717, 1.165) is 22.1 Å². The van der Waals surface area contributed by atoms with Crippen LogP contribution in [0.2, 0.25) is 0 Å². The second kappa shape index (κ2) is 4.91. The number of para-hydroxylation sites is 1. The fourth-order valence-corrected chi connectivity index (χ4v) is 2.64. The van der Waals surface area contributed by atoms with Crippen LogP contribution < -0.4 is 5.32 Å². The number of halogens is 2. The number of alkyl halides is 2. The van der Waals surface area contributed by atoms with E-state index < -0.39 is 12.0 Å². The maximum atomic E-state index is 13.0. The Balaban J connectivity index is 1.37. The molecule has 0 amide bonds. The van der Waals surface area contributed by atoms with Crippen LogP contribution in [0.15, 0.2) is 47.3 Å². The first-order chi connectivity index (χ1) is 10.6. The first-order valence-corrected chi connectivity index (χ1v) is 7.20. The maximum absolute atomic E-state index is 13.0. The van der Waals surface area contributed by atoms with Gasteiger partial charge in [0.05, 0.1) is 12.5 Å². The maximum Gasteiger partial charge on any atom is 0.272 e. The van der Waals surface area contributed by atoms with Crippen molar-refractivity contribution < 1.29 is 13.2 Å². The highest BCUT2D eigenvalue weighted by molar-refractivity contribution is 5.80. The smallest absolute Gasteiger partial charge is 0.272 e. The molecule has 0 bridgehead atoms. The first kappa shape index (κ1) is 13.5. The zero-order chi connectivity index (χ0) is 15.2. The number of aromatic nitrogens is 2. The molecule has 1 saturated carbocycles. The molecule has 1 aliphatic rings. The van der Waals surface area contributed by atoms with Crippen molar-refractivity contribution in [3.8, 4) is 0 Å². The first-order valence-electron chi connectivity index (χ1n) is 7.20. The molecule has 1 atom stereocenters. The largest absolute Gasteiger partial charge is 0.464 e. The number of rotatable bonds is 5. The van der Waals surface area contributed by atoms with Crippen molar-refractivity contribution >= 4 is 11.0 Å². The lowest BCUT2D eigenvalue weighted by Crippen LogP contribution is -2.12. The molecule has 6 heteroatoms. The van der Waals surface area contributed by atoms with Gasteiger partial charge >= 0.3 is 0 Å². The summed E-state index contributed by atoms with van der Waals surface area (Å²) in [5.41, 5.74) is 2.84. The van der Waals surface area contributed by atoms with Crippen molar-refractivity contribution in [3.05, 3.63) is 54.0 Å². The molecule has 3 aromatic rings. The van der Waals surface area contributed by atoms with Gasteiger partial charge in [-0.25, -0.2) is 8.78 Å². The zero-order valence-corrected chi connectivity index (χ0v) is 11.8. The highest BCUT2D eigenvalue weighted by Gasteiger charge is 2.59. The van der Waals surface area contributed by atoms with Crippen LogP contribution in [0.5, 0.6) is 0 Å². The Kier molecular flexibility index (Phi) is 3.00. The summed E-state index contributed by atoms with van der Waals surface area (Å²) >= 11 is 0. The molecule has 0 saturated heterocycles. The summed E-state index contributed by atoms with van der Waals surface area (Å²) in [5.74, 6) is -2.59. The molecule has 1 aliphatic carbocycles. The number of fused-ring (bicyclic) bond motifs is 1. The van der Waals surface area contributed by atoms with E-state index in [4.69, 9.17) is 4.42 Å². The van der Waals surface area contributed by atoms with Crippen LogP contribution in [0.3, 0.4) is 0 Å². The molecular weight excluding hydrogens is 288 g/mol. The SMILES string of the molecule is FC1(F)CC1n1cc(CNCc2coc3ccccc23)cn1. The predicted octanol–water partition coefficient (Wildman–Crippen LogP) is 3.50. The number of nitrogens with one attached hydrogen (secondary N) is 1. The minimum Gasteiger partial charge on any atom is -0.464 e. The van der Waals surface area contributed by atoms with Crippen LogP contribution in [0.25, 0.3) is 11.0 Å². The Hall–Kier alpha value is -2.21. The topological polar surface area (TPSA) is 43.0 Å². The molecule has 1 unspecified atom stereocenters. The Bertz CT molecular complexity index is 808. The lowest BCUT2D eigenvalue weighted by Gasteiger charge is -2.01. The lowest BCUT2D eigenvalue weighted by atomic mass is 10.2. The molecule has 2 aromatic heterocycles. The normalized spacial score (nSPS) is 19.6. The average Bonchev–Trinajstić information content (AvgIpc) is 2.90. The Morgan fingerprint density at radius 2 is 2.14 bits per heavy atom. The minimum atomic E-state index is -2.59. The van der Waals surface area contributed by atoms with Crippen molar-refractivity contribution in [2.75, 3.05) is 0 Å². The van der Waals surface area contributed by atoms with Crippen molar-refractivity contribution in [3.63, 3.8) is 0 Å². The van der Waals surface area contributed by atoms with Gasteiger partial charge in [0.25, 0.3) is 5.92 Å². The van der Waals surface area contributed by atoms with E-state index in [9.17, 15) is 8.78 Å². The number of hydrogen-bond acceptors (Lipinski definition) is 3. The Labute approximate surface area is 125 Å². The Morgan fingerprint density at radius 1 is 1.32 bits per heavy atom. The van der Waals surface area contributed by atoms with Gasteiger partial charge in [0.15, 0.2) is 0 Å². The quantitative estimate of drug-likeness (QED) is 0.784. The molecule has 0 radical (unpaired) electrons. The summed E-state index contributed by atoms with van der Waals surface area (Å²) in [6, 6.07) is 7.09. The van der Waals surface area contributed by atoms with Crippen molar-refractivity contribution in [1.82, 2.24) is 15.1 Å². The van der Waals surface area contributed by atoms with Crippen LogP contribution >= 0.6 is 0 Å². The molecule has 2 heterocycles. The number of nitrogens with zero attached hydrogens (tertiary/aromatic N) is 2. The second-order valence-electron chi connectivity index (χ2n) is 5.67. The standard InChI is InChI=1S/C16H15F2N3O/c17-16(18)5-15(16)21-9-11(7-20-21)6-19-8-12-10-22-14-4-2-1-3-13(12)14/h1-4,7,9-10,15,19H,5-6,8H2. The van der Waals surface area contributed by atoms with Crippen LogP contribution in [0.4, 0.5) is 8.78 Å². The van der Waals surface area contributed by atoms with Gasteiger partial charge in [0, 0.05) is 42.2 Å². The lowest BCUT2D eigenvalue weighted by molar-refractivity contribution is 0.0983. The molecule has 0 aliphatic heterocycles. The highest BCUT2D eigenvalue weighted by atomic mass is 19.3. The van der Waals surface area contributed by atoms with Gasteiger partial charge in [-0.15, -0.1) is 0 Å². The van der Waals surface area contributed by atoms with Gasteiger partial charge in [-0.2, -0.15) is 5.10 Å². The molecule has 1 fully saturated rings. The molecule has 1 aromatic carbocycles. The van der Waals surface area contributed by atoms with Crippen LogP contribution in [0, 0.1) is 0 Å². The minimum absolute atomic E-state index is 0.109. The number of furan rings is 1. The van der Waals surface area contributed by atoms with Crippen LogP contribution in [0.1, 0.15) is 23.6 Å². The third-order valence-electron chi connectivity index (χ3n) is 3.97. The van der Waals surface area contributed by atoms with Gasteiger partial charge in [-0.05, 0) is 6.07 Å². The summed E-state index contributed by atoms with van der Waals surface area (Å²) in [5, 5.41) is 8.39. The van der Waals surface area contributed by atoms with E-state index in [1.807, 2.05) is 24.3 Å². The second-order valence-corrected chi connectivity index (χ2v) is 5.67. The molecule has 22 heavy (non-hydrogen) atoms. The summed E-state index contributed by atoms with van der Waals surface area (Å²) < 4.78 is 32.8. The fourth-order valence-electron chi connectivity index (χ4n) is 2.64. The van der Waals surface area contributed by atoms with Gasteiger partial charge in [0.2, 0.25) is 0 Å². The van der Waals surface area contributed by atoms with E-state index >= 15 is 0 Å². The summed E-state index contributed by atoms with van der Waals surface area (Å²) in [6.07, 6.45) is 4.95. The molecule has 0 spiro atoms. The van der Waals surface area contributed by atoms with Crippen molar-refractivity contribution in [2.24, 2.45) is 0 Å². The van der Waals surface area contributed by atoms with Crippen molar-refractivity contribution in [1.29, 1.82) is 0 Å². The summed E-state index contributed by atoms with van der Waals surface area (Å²) in [6.45, 7) is 1.24. The monoisotopic (exact) mass is 303 g/mol. The third kappa shape index (κ3) is 2.39. The van der Waals surface area contributed by atoms with E-state index in [1.54, 1.807) is 18.7 Å². The highest BCUT2D eigenvalue weighted by Crippen LogP contribution is 2.52. The molecular formula is C16H15F2N3O. The van der Waals surface area contributed by atoms with Crippen molar-refractivity contribution in [2.45, 2.75) is 31.5 Å². The van der Waals surface area contributed by atoms with E-state index in [2.05, 4.69) is 10.4 Å². The van der Waals surface area contributed by atoms with E-state index in [0.29, 0.717) is 13.1 Å². The number of benzene rings is 1. The van der Waals surface area contributed by atoms with E-state index in [-0.39, 0.29) is 6.42 Å². The Morgan fingerprint density at radius 3 is 2.95 bits per heavy atom. The van der Waals surface area contributed by atoms with Gasteiger partial charge < -0.3 is 9.73 Å². The number of hydrogen-bond donors (Lipinski definition) is 1.